The van der Waals surface area contributed by atoms with Crippen LogP contribution in [0.25, 0.3) is 9.88 Å². The summed E-state index contributed by atoms with van der Waals surface area (Å²) in [5, 5.41) is 9.29. The molecular formula is C16H20ClN3OS2. The van der Waals surface area contributed by atoms with Gasteiger partial charge in [0, 0.05) is 11.9 Å². The van der Waals surface area contributed by atoms with Crippen LogP contribution in [0.1, 0.15) is 25.0 Å². The van der Waals surface area contributed by atoms with E-state index < -0.39 is 0 Å². The summed E-state index contributed by atoms with van der Waals surface area (Å²) >= 11 is 9.02. The molecule has 2 N–H and O–H groups in total. The van der Waals surface area contributed by atoms with Crippen LogP contribution >= 0.6 is 34.3 Å². The van der Waals surface area contributed by atoms with Gasteiger partial charge in [-0.3, -0.25) is 4.79 Å². The van der Waals surface area contributed by atoms with Crippen molar-refractivity contribution in [3.63, 3.8) is 0 Å². The van der Waals surface area contributed by atoms with Crippen LogP contribution in [-0.4, -0.2) is 30.5 Å². The summed E-state index contributed by atoms with van der Waals surface area (Å²) in [5.74, 6) is 0.744. The topological polar surface area (TPSA) is 54.0 Å². The molecule has 1 aliphatic rings. The number of aromatic nitrogens is 1. The molecule has 2 aromatic heterocycles. The fourth-order valence-corrected chi connectivity index (χ4v) is 4.68. The van der Waals surface area contributed by atoms with Gasteiger partial charge < -0.3 is 10.6 Å². The summed E-state index contributed by atoms with van der Waals surface area (Å²) in [6.07, 6.45) is 3.90. The number of halogens is 1. The first-order valence-electron chi connectivity index (χ1n) is 7.88. The molecule has 0 aromatic carbocycles. The van der Waals surface area contributed by atoms with Crippen molar-refractivity contribution in [3.8, 4) is 9.88 Å². The Morgan fingerprint density at radius 3 is 3.13 bits per heavy atom. The highest BCUT2D eigenvalue weighted by atomic mass is 35.5. The normalized spacial score (nSPS) is 18.0. The number of nitrogens with zero attached hydrogens (tertiary/aromatic N) is 1. The second-order valence-corrected chi connectivity index (χ2v) is 8.35. The molecular weight excluding hydrogens is 350 g/mol. The smallest absolute Gasteiger partial charge is 0.226 e. The molecule has 1 fully saturated rings. The van der Waals surface area contributed by atoms with Gasteiger partial charge in [-0.05, 0) is 50.4 Å². The van der Waals surface area contributed by atoms with Gasteiger partial charge in [0.25, 0.3) is 0 Å². The number of rotatable bonds is 6. The van der Waals surface area contributed by atoms with Crippen LogP contribution in [0.15, 0.2) is 17.5 Å². The number of piperidine rings is 1. The molecule has 1 aliphatic heterocycles. The third kappa shape index (κ3) is 5.01. The molecule has 0 radical (unpaired) electrons. The minimum atomic E-state index is 0.0508. The molecule has 23 heavy (non-hydrogen) atoms. The third-order valence-corrected chi connectivity index (χ3v) is 6.24. The average molecular weight is 370 g/mol. The maximum Gasteiger partial charge on any atom is 0.226 e. The SMILES string of the molecule is O=C(Cc1csc(-c2ccc(Cl)s2)n1)NCCC1CCCNC1. The van der Waals surface area contributed by atoms with Crippen LogP contribution in [0.5, 0.6) is 0 Å². The zero-order valence-electron chi connectivity index (χ0n) is 12.8. The first-order chi connectivity index (χ1) is 11.2. The van der Waals surface area contributed by atoms with E-state index in [9.17, 15) is 4.79 Å². The number of thiophene rings is 1. The highest BCUT2D eigenvalue weighted by Crippen LogP contribution is 2.32. The molecule has 3 rings (SSSR count). The zero-order valence-corrected chi connectivity index (χ0v) is 15.2. The summed E-state index contributed by atoms with van der Waals surface area (Å²) in [5.41, 5.74) is 0.825. The second kappa shape index (κ2) is 8.24. The highest BCUT2D eigenvalue weighted by molar-refractivity contribution is 7.23. The van der Waals surface area contributed by atoms with Crippen LogP contribution in [-0.2, 0) is 11.2 Å². The Labute approximate surface area is 149 Å². The number of carbonyl (C=O) groups is 1. The molecule has 0 bridgehead atoms. The summed E-state index contributed by atoms with van der Waals surface area (Å²) in [7, 11) is 0. The summed E-state index contributed by atoms with van der Waals surface area (Å²) in [6.45, 7) is 2.96. The van der Waals surface area contributed by atoms with Gasteiger partial charge in [-0.2, -0.15) is 0 Å². The number of hydrogen-bond acceptors (Lipinski definition) is 5. The fraction of sp³-hybridized carbons (Fsp3) is 0.500. The number of nitrogens with one attached hydrogen (secondary N) is 2. The van der Waals surface area contributed by atoms with E-state index in [1.807, 2.05) is 17.5 Å². The van der Waals surface area contributed by atoms with E-state index in [0.717, 1.165) is 46.0 Å². The van der Waals surface area contributed by atoms with E-state index in [4.69, 9.17) is 11.6 Å². The van der Waals surface area contributed by atoms with E-state index in [0.29, 0.717) is 12.3 Å². The lowest BCUT2D eigenvalue weighted by molar-refractivity contribution is -0.120. The molecule has 1 unspecified atom stereocenters. The molecule has 4 nitrogen and oxygen atoms in total. The summed E-state index contributed by atoms with van der Waals surface area (Å²) < 4.78 is 0.756. The van der Waals surface area contributed by atoms with Gasteiger partial charge >= 0.3 is 0 Å². The van der Waals surface area contributed by atoms with Crippen molar-refractivity contribution in [1.29, 1.82) is 0 Å². The van der Waals surface area contributed by atoms with Crippen LogP contribution < -0.4 is 10.6 Å². The number of carbonyl (C=O) groups excluding carboxylic acids is 1. The molecule has 0 saturated carbocycles. The molecule has 124 valence electrons. The molecule has 0 spiro atoms. The van der Waals surface area contributed by atoms with Gasteiger partial charge in [0.15, 0.2) is 0 Å². The first-order valence-corrected chi connectivity index (χ1v) is 9.95. The average Bonchev–Trinajstić information content (AvgIpc) is 3.17. The highest BCUT2D eigenvalue weighted by Gasteiger charge is 2.14. The largest absolute Gasteiger partial charge is 0.356 e. The Morgan fingerprint density at radius 1 is 1.48 bits per heavy atom. The summed E-state index contributed by atoms with van der Waals surface area (Å²) in [4.78, 5) is 17.6. The zero-order chi connectivity index (χ0) is 16.1. The standard InChI is InChI=1S/C16H20ClN3OS2/c17-14-4-3-13(23-14)16-20-12(10-22-16)8-15(21)19-7-5-11-2-1-6-18-9-11/h3-4,10-11,18H,1-2,5-9H2,(H,19,21). The lowest BCUT2D eigenvalue weighted by atomic mass is 9.96. The first kappa shape index (κ1) is 16.9. The van der Waals surface area contributed by atoms with Crippen molar-refractivity contribution in [2.45, 2.75) is 25.7 Å². The fourth-order valence-electron chi connectivity index (χ4n) is 2.74. The van der Waals surface area contributed by atoms with Crippen molar-refractivity contribution >= 4 is 40.2 Å². The Kier molecular flexibility index (Phi) is 6.05. The molecule has 0 aliphatic carbocycles. The lowest BCUT2D eigenvalue weighted by Gasteiger charge is -2.22. The number of thiazole rings is 1. The third-order valence-electron chi connectivity index (χ3n) is 3.95. The molecule has 2 aromatic rings. The molecule has 7 heteroatoms. The number of hydrogen-bond donors (Lipinski definition) is 2. The maximum atomic E-state index is 12.0. The molecule has 1 saturated heterocycles. The van der Waals surface area contributed by atoms with Crippen molar-refractivity contribution in [2.24, 2.45) is 5.92 Å². The minimum absolute atomic E-state index is 0.0508. The number of amides is 1. The Morgan fingerprint density at radius 2 is 2.39 bits per heavy atom. The monoisotopic (exact) mass is 369 g/mol. The quantitative estimate of drug-likeness (QED) is 0.818. The van der Waals surface area contributed by atoms with Gasteiger partial charge in [0.2, 0.25) is 5.91 Å². The minimum Gasteiger partial charge on any atom is -0.356 e. The van der Waals surface area contributed by atoms with E-state index in [1.54, 1.807) is 11.3 Å². The predicted octanol–water partition coefficient (Wildman–Crippen LogP) is 3.57. The molecule has 3 heterocycles. The van der Waals surface area contributed by atoms with Crippen LogP contribution in [0.3, 0.4) is 0 Å². The van der Waals surface area contributed by atoms with Gasteiger partial charge in [0.1, 0.15) is 5.01 Å². The molecule has 1 atom stereocenters. The van der Waals surface area contributed by atoms with E-state index in [-0.39, 0.29) is 5.91 Å². The maximum absolute atomic E-state index is 12.0. The molecule has 1 amide bonds. The van der Waals surface area contributed by atoms with E-state index >= 15 is 0 Å². The second-order valence-electron chi connectivity index (χ2n) is 5.78. The van der Waals surface area contributed by atoms with Gasteiger partial charge in [-0.15, -0.1) is 22.7 Å². The Balaban J connectivity index is 1.43. The Hall–Kier alpha value is -0.950. The van der Waals surface area contributed by atoms with E-state index in [2.05, 4.69) is 15.6 Å². The van der Waals surface area contributed by atoms with Crippen molar-refractivity contribution in [3.05, 3.63) is 27.5 Å². The van der Waals surface area contributed by atoms with Crippen LogP contribution in [0.2, 0.25) is 4.34 Å². The predicted molar refractivity (Wildman–Crippen MR) is 97.4 cm³/mol. The van der Waals surface area contributed by atoms with Crippen LogP contribution in [0, 0.1) is 5.92 Å². The Bertz CT molecular complexity index is 649. The van der Waals surface area contributed by atoms with Crippen LogP contribution in [0.4, 0.5) is 0 Å². The van der Waals surface area contributed by atoms with Crippen molar-refractivity contribution < 1.29 is 4.79 Å². The lowest BCUT2D eigenvalue weighted by Crippen LogP contribution is -2.33. The van der Waals surface area contributed by atoms with Gasteiger partial charge in [0.05, 0.1) is 21.3 Å². The van der Waals surface area contributed by atoms with Crippen molar-refractivity contribution in [1.82, 2.24) is 15.6 Å². The van der Waals surface area contributed by atoms with Gasteiger partial charge in [-0.25, -0.2) is 4.98 Å². The van der Waals surface area contributed by atoms with Gasteiger partial charge in [-0.1, -0.05) is 11.6 Å². The van der Waals surface area contributed by atoms with Crippen molar-refractivity contribution in [2.75, 3.05) is 19.6 Å². The summed E-state index contributed by atoms with van der Waals surface area (Å²) in [6, 6.07) is 3.84. The van der Waals surface area contributed by atoms with E-state index in [1.165, 1.54) is 24.2 Å².